The molecule has 1 aliphatic heterocycles. The van der Waals surface area contributed by atoms with Crippen LogP contribution in [-0.4, -0.2) is 57.0 Å². The van der Waals surface area contributed by atoms with Crippen molar-refractivity contribution in [1.29, 1.82) is 0 Å². The van der Waals surface area contributed by atoms with Gasteiger partial charge in [-0.2, -0.15) is 0 Å². The lowest BCUT2D eigenvalue weighted by atomic mass is 10.1. The summed E-state index contributed by atoms with van der Waals surface area (Å²) in [6.45, 7) is 7.84. The summed E-state index contributed by atoms with van der Waals surface area (Å²) >= 11 is 1.68. The van der Waals surface area contributed by atoms with Gasteiger partial charge < -0.3 is 9.42 Å². The van der Waals surface area contributed by atoms with Crippen LogP contribution in [-0.2, 0) is 6.54 Å². The highest BCUT2D eigenvalue weighted by molar-refractivity contribution is 7.09. The minimum absolute atomic E-state index is 0.0131. The van der Waals surface area contributed by atoms with Crippen LogP contribution < -0.4 is 0 Å². The summed E-state index contributed by atoms with van der Waals surface area (Å²) in [6.07, 6.45) is 1.57. The summed E-state index contributed by atoms with van der Waals surface area (Å²) in [5.41, 5.74) is 2.92. The average Bonchev–Trinajstić information content (AvgIpc) is 3.20. The summed E-state index contributed by atoms with van der Waals surface area (Å²) in [5, 5.41) is 7.88. The molecule has 1 aliphatic rings. The van der Waals surface area contributed by atoms with Crippen molar-refractivity contribution in [2.45, 2.75) is 20.4 Å². The highest BCUT2D eigenvalue weighted by atomic mass is 32.1. The van der Waals surface area contributed by atoms with Crippen LogP contribution in [0.15, 0.2) is 22.2 Å². The van der Waals surface area contributed by atoms with Crippen molar-refractivity contribution in [3.63, 3.8) is 0 Å². The Hall–Kier alpha value is -2.32. The van der Waals surface area contributed by atoms with E-state index in [1.54, 1.807) is 17.5 Å². The summed E-state index contributed by atoms with van der Waals surface area (Å²) in [5.74, 6) is 0.0131. The molecule has 0 atom stereocenters. The number of piperazine rings is 1. The first-order valence-corrected chi connectivity index (χ1v) is 9.13. The van der Waals surface area contributed by atoms with E-state index in [0.29, 0.717) is 24.4 Å². The number of hydrogen-bond donors (Lipinski definition) is 0. The van der Waals surface area contributed by atoms with Crippen molar-refractivity contribution in [3.8, 4) is 0 Å². The number of aryl methyl sites for hydroxylation is 2. The molecule has 0 aromatic carbocycles. The van der Waals surface area contributed by atoms with Crippen LogP contribution in [0, 0.1) is 13.8 Å². The Labute approximate surface area is 149 Å². The molecule has 0 aliphatic carbocycles. The lowest BCUT2D eigenvalue weighted by Gasteiger charge is -2.34. The number of pyridine rings is 1. The summed E-state index contributed by atoms with van der Waals surface area (Å²) in [7, 11) is 0. The quantitative estimate of drug-likeness (QED) is 0.716. The summed E-state index contributed by atoms with van der Waals surface area (Å²) in [6, 6.07) is 1.82. The number of thiazole rings is 1. The molecule has 1 saturated heterocycles. The van der Waals surface area contributed by atoms with Gasteiger partial charge in [0.15, 0.2) is 0 Å². The number of amides is 1. The molecule has 0 radical (unpaired) electrons. The van der Waals surface area contributed by atoms with Crippen molar-refractivity contribution >= 4 is 28.3 Å². The number of carbonyl (C=O) groups is 1. The molecule has 4 rings (SSSR count). The van der Waals surface area contributed by atoms with Crippen LogP contribution in [0.1, 0.15) is 26.8 Å². The zero-order valence-electron chi connectivity index (χ0n) is 14.2. The van der Waals surface area contributed by atoms with E-state index in [4.69, 9.17) is 4.52 Å². The van der Waals surface area contributed by atoms with E-state index in [0.717, 1.165) is 41.4 Å². The largest absolute Gasteiger partial charge is 0.336 e. The number of nitrogens with zero attached hydrogens (tertiary/aromatic N) is 5. The monoisotopic (exact) mass is 357 g/mol. The van der Waals surface area contributed by atoms with Crippen LogP contribution in [0.2, 0.25) is 0 Å². The Kier molecular flexibility index (Phi) is 4.22. The molecule has 3 aromatic heterocycles. The molecule has 8 heteroatoms. The molecule has 3 aromatic rings. The number of aromatic nitrogens is 3. The standard InChI is InChI=1S/C17H19N5O2S/c1-11-15-7-13(8-18-16(15)24-20-11)17(23)22-5-3-21(4-6-22)9-14-10-25-12(2)19-14/h7-8,10H,3-6,9H2,1-2H3. The number of hydrogen-bond acceptors (Lipinski definition) is 7. The molecule has 0 N–H and O–H groups in total. The van der Waals surface area contributed by atoms with Crippen LogP contribution in [0.25, 0.3) is 11.1 Å². The molecular formula is C17H19N5O2S. The molecule has 7 nitrogen and oxygen atoms in total. The second-order valence-electron chi connectivity index (χ2n) is 6.27. The minimum atomic E-state index is 0.0131. The molecule has 25 heavy (non-hydrogen) atoms. The highest BCUT2D eigenvalue weighted by Gasteiger charge is 2.23. The fourth-order valence-electron chi connectivity index (χ4n) is 3.06. The SMILES string of the molecule is Cc1nc(CN2CCN(C(=O)c3cnc4onc(C)c4c3)CC2)cs1. The summed E-state index contributed by atoms with van der Waals surface area (Å²) < 4.78 is 5.10. The van der Waals surface area contributed by atoms with Crippen LogP contribution in [0.4, 0.5) is 0 Å². The molecule has 1 amide bonds. The highest BCUT2D eigenvalue weighted by Crippen LogP contribution is 2.19. The molecule has 130 valence electrons. The van der Waals surface area contributed by atoms with Crippen molar-refractivity contribution < 1.29 is 9.32 Å². The predicted octanol–water partition coefficient (Wildman–Crippen LogP) is 2.25. The lowest BCUT2D eigenvalue weighted by molar-refractivity contribution is 0.0627. The fourth-order valence-corrected chi connectivity index (χ4v) is 3.67. The van der Waals surface area contributed by atoms with Crippen molar-refractivity contribution in [1.82, 2.24) is 24.9 Å². The third-order valence-electron chi connectivity index (χ3n) is 4.47. The van der Waals surface area contributed by atoms with Crippen LogP contribution in [0.5, 0.6) is 0 Å². The maximum Gasteiger partial charge on any atom is 0.257 e. The fraction of sp³-hybridized carbons (Fsp3) is 0.412. The smallest absolute Gasteiger partial charge is 0.257 e. The van der Waals surface area contributed by atoms with Crippen LogP contribution >= 0.6 is 11.3 Å². The van der Waals surface area contributed by atoms with Gasteiger partial charge in [-0.3, -0.25) is 9.69 Å². The van der Waals surface area contributed by atoms with Crippen molar-refractivity contribution in [3.05, 3.63) is 39.6 Å². The van der Waals surface area contributed by atoms with Gasteiger partial charge in [-0.25, -0.2) is 9.97 Å². The number of rotatable bonds is 3. The van der Waals surface area contributed by atoms with Gasteiger partial charge in [-0.15, -0.1) is 11.3 Å². The third-order valence-corrected chi connectivity index (χ3v) is 5.29. The first-order chi connectivity index (χ1) is 12.1. The Balaban J connectivity index is 1.40. The molecule has 1 fully saturated rings. The van der Waals surface area contributed by atoms with Crippen molar-refractivity contribution in [2.75, 3.05) is 26.2 Å². The average molecular weight is 357 g/mol. The first-order valence-electron chi connectivity index (χ1n) is 8.25. The van der Waals surface area contributed by atoms with Gasteiger partial charge >= 0.3 is 0 Å². The van der Waals surface area contributed by atoms with Crippen LogP contribution in [0.3, 0.4) is 0 Å². The van der Waals surface area contributed by atoms with Gasteiger partial charge in [0.25, 0.3) is 11.6 Å². The van der Waals surface area contributed by atoms with E-state index in [9.17, 15) is 4.79 Å². The Morgan fingerprint density at radius 2 is 2.08 bits per heavy atom. The van der Waals surface area contributed by atoms with E-state index in [1.165, 1.54) is 0 Å². The van der Waals surface area contributed by atoms with E-state index in [2.05, 4.69) is 25.4 Å². The van der Waals surface area contributed by atoms with Gasteiger partial charge in [-0.05, 0) is 19.9 Å². The predicted molar refractivity (Wildman–Crippen MR) is 94.6 cm³/mol. The lowest BCUT2D eigenvalue weighted by Crippen LogP contribution is -2.48. The molecule has 4 heterocycles. The Morgan fingerprint density at radius 3 is 2.80 bits per heavy atom. The van der Waals surface area contributed by atoms with E-state index >= 15 is 0 Å². The zero-order chi connectivity index (χ0) is 17.4. The minimum Gasteiger partial charge on any atom is -0.336 e. The Bertz CT molecular complexity index is 911. The molecule has 0 spiro atoms. The first kappa shape index (κ1) is 16.2. The van der Waals surface area contributed by atoms with E-state index in [-0.39, 0.29) is 5.91 Å². The molecule has 0 bridgehead atoms. The maximum atomic E-state index is 12.8. The third kappa shape index (κ3) is 3.27. The van der Waals surface area contributed by atoms with E-state index < -0.39 is 0 Å². The maximum absolute atomic E-state index is 12.8. The molecule has 0 unspecified atom stereocenters. The molecular weight excluding hydrogens is 338 g/mol. The topological polar surface area (TPSA) is 75.4 Å². The summed E-state index contributed by atoms with van der Waals surface area (Å²) in [4.78, 5) is 25.7. The normalized spacial score (nSPS) is 15.8. The van der Waals surface area contributed by atoms with Gasteiger partial charge in [0, 0.05) is 44.3 Å². The zero-order valence-corrected chi connectivity index (χ0v) is 15.0. The Morgan fingerprint density at radius 1 is 1.28 bits per heavy atom. The van der Waals surface area contributed by atoms with Crippen molar-refractivity contribution in [2.24, 2.45) is 0 Å². The van der Waals surface area contributed by atoms with Gasteiger partial charge in [0.05, 0.1) is 27.3 Å². The van der Waals surface area contributed by atoms with E-state index in [1.807, 2.05) is 24.8 Å². The number of fused-ring (bicyclic) bond motifs is 1. The second-order valence-corrected chi connectivity index (χ2v) is 7.33. The number of carbonyl (C=O) groups excluding carboxylic acids is 1. The second kappa shape index (κ2) is 6.53. The van der Waals surface area contributed by atoms with Gasteiger partial charge in [-0.1, -0.05) is 5.16 Å². The van der Waals surface area contributed by atoms with Gasteiger partial charge in [0.1, 0.15) is 0 Å². The molecule has 0 saturated carbocycles. The van der Waals surface area contributed by atoms with Gasteiger partial charge in [0.2, 0.25) is 0 Å².